The van der Waals surface area contributed by atoms with Crippen molar-refractivity contribution in [2.24, 2.45) is 5.84 Å². The maximum atomic E-state index is 11.2. The molecule has 1 unspecified atom stereocenters. The van der Waals surface area contributed by atoms with E-state index in [1.807, 2.05) is 0 Å². The molecular formula is C9H11ClN2O2. The molecule has 3 N–H and O–H groups in total. The summed E-state index contributed by atoms with van der Waals surface area (Å²) in [6, 6.07) is 6.18. The van der Waals surface area contributed by atoms with Crippen LogP contribution in [0.15, 0.2) is 24.3 Å². The third kappa shape index (κ3) is 2.45. The largest absolute Gasteiger partial charge is 0.468 e. The van der Waals surface area contributed by atoms with Crippen LogP contribution < -0.4 is 11.3 Å². The van der Waals surface area contributed by atoms with E-state index in [2.05, 4.69) is 10.2 Å². The number of halogens is 1. The Hall–Kier alpha value is -1.10. The summed E-state index contributed by atoms with van der Waals surface area (Å²) in [5.41, 5.74) is 3.04. The fourth-order valence-electron chi connectivity index (χ4n) is 1.10. The maximum Gasteiger partial charge on any atom is 0.328 e. The van der Waals surface area contributed by atoms with Gasteiger partial charge in [-0.25, -0.2) is 10.2 Å². The molecule has 1 aromatic carbocycles. The minimum absolute atomic E-state index is 0.449. The molecule has 0 saturated carbocycles. The van der Waals surface area contributed by atoms with Crippen LogP contribution in [0.3, 0.4) is 0 Å². The number of esters is 1. The molecule has 0 fully saturated rings. The van der Waals surface area contributed by atoms with Crippen molar-refractivity contribution < 1.29 is 9.53 Å². The molecule has 1 atom stereocenters. The van der Waals surface area contributed by atoms with Crippen LogP contribution in [0, 0.1) is 0 Å². The molecule has 0 spiro atoms. The molecule has 0 amide bonds. The van der Waals surface area contributed by atoms with Gasteiger partial charge in [0.25, 0.3) is 0 Å². The number of methoxy groups -OCH3 is 1. The van der Waals surface area contributed by atoms with Crippen LogP contribution in [0.4, 0.5) is 0 Å². The summed E-state index contributed by atoms with van der Waals surface area (Å²) in [5.74, 6) is 4.79. The number of nitrogens with one attached hydrogen (secondary N) is 1. The van der Waals surface area contributed by atoms with E-state index in [1.165, 1.54) is 7.11 Å². The number of carbonyl (C=O) groups is 1. The van der Waals surface area contributed by atoms with Gasteiger partial charge in [0.15, 0.2) is 0 Å². The summed E-state index contributed by atoms with van der Waals surface area (Å²) in [4.78, 5) is 11.2. The Morgan fingerprint density at radius 2 is 2.36 bits per heavy atom. The first kappa shape index (κ1) is 11.0. The highest BCUT2D eigenvalue weighted by molar-refractivity contribution is 6.30. The van der Waals surface area contributed by atoms with Gasteiger partial charge in [-0.3, -0.25) is 5.84 Å². The van der Waals surface area contributed by atoms with E-state index in [9.17, 15) is 4.79 Å². The molecule has 0 bridgehead atoms. The summed E-state index contributed by atoms with van der Waals surface area (Å²) < 4.78 is 4.57. The first-order valence-electron chi connectivity index (χ1n) is 3.98. The number of hydrazine groups is 1. The zero-order valence-electron chi connectivity index (χ0n) is 7.66. The van der Waals surface area contributed by atoms with E-state index < -0.39 is 12.0 Å². The van der Waals surface area contributed by atoms with Crippen molar-refractivity contribution in [2.45, 2.75) is 6.04 Å². The van der Waals surface area contributed by atoms with Crippen molar-refractivity contribution in [1.29, 1.82) is 0 Å². The van der Waals surface area contributed by atoms with Crippen LogP contribution >= 0.6 is 11.6 Å². The zero-order valence-corrected chi connectivity index (χ0v) is 8.41. The molecule has 0 saturated heterocycles. The van der Waals surface area contributed by atoms with Crippen molar-refractivity contribution in [1.82, 2.24) is 5.43 Å². The molecule has 0 aromatic heterocycles. The minimum atomic E-state index is -0.682. The lowest BCUT2D eigenvalue weighted by Crippen LogP contribution is -2.34. The van der Waals surface area contributed by atoms with Crippen LogP contribution in [0.25, 0.3) is 0 Å². The quantitative estimate of drug-likeness (QED) is 0.448. The monoisotopic (exact) mass is 214 g/mol. The van der Waals surface area contributed by atoms with E-state index in [4.69, 9.17) is 17.4 Å². The highest BCUT2D eigenvalue weighted by Crippen LogP contribution is 2.17. The third-order valence-electron chi connectivity index (χ3n) is 1.79. The summed E-state index contributed by atoms with van der Waals surface area (Å²) in [6.45, 7) is 0. The van der Waals surface area contributed by atoms with Gasteiger partial charge in [0.2, 0.25) is 0 Å². The van der Waals surface area contributed by atoms with Crippen molar-refractivity contribution in [3.05, 3.63) is 34.9 Å². The Bertz CT molecular complexity index is 330. The highest BCUT2D eigenvalue weighted by Gasteiger charge is 2.19. The molecule has 14 heavy (non-hydrogen) atoms. The van der Waals surface area contributed by atoms with Crippen LogP contribution in [-0.2, 0) is 9.53 Å². The first-order valence-corrected chi connectivity index (χ1v) is 4.36. The lowest BCUT2D eigenvalue weighted by atomic mass is 10.1. The Morgan fingerprint density at radius 3 is 2.86 bits per heavy atom. The zero-order chi connectivity index (χ0) is 10.6. The normalized spacial score (nSPS) is 12.2. The minimum Gasteiger partial charge on any atom is -0.468 e. The second-order valence-electron chi connectivity index (χ2n) is 2.68. The standard InChI is InChI=1S/C9H11ClN2O2/c1-14-9(13)8(12-11)6-3-2-4-7(10)5-6/h2-5,8,12H,11H2,1H3. The van der Waals surface area contributed by atoms with E-state index >= 15 is 0 Å². The van der Waals surface area contributed by atoms with Crippen molar-refractivity contribution in [3.8, 4) is 0 Å². The number of nitrogens with two attached hydrogens (primary N) is 1. The van der Waals surface area contributed by atoms with Crippen molar-refractivity contribution in [3.63, 3.8) is 0 Å². The molecule has 0 aliphatic rings. The Kier molecular flexibility index (Phi) is 3.88. The fraction of sp³-hybridized carbons (Fsp3) is 0.222. The molecular weight excluding hydrogens is 204 g/mol. The average Bonchev–Trinajstić information content (AvgIpc) is 2.19. The topological polar surface area (TPSA) is 64.3 Å². The average molecular weight is 215 g/mol. The summed E-state index contributed by atoms with van der Waals surface area (Å²) in [5, 5.41) is 0.548. The van der Waals surface area contributed by atoms with Gasteiger partial charge in [0.05, 0.1) is 7.11 Å². The number of benzene rings is 1. The van der Waals surface area contributed by atoms with Gasteiger partial charge in [-0.15, -0.1) is 0 Å². The summed E-state index contributed by atoms with van der Waals surface area (Å²) in [6.07, 6.45) is 0. The summed E-state index contributed by atoms with van der Waals surface area (Å²) >= 11 is 5.77. The van der Waals surface area contributed by atoms with Gasteiger partial charge in [-0.2, -0.15) is 0 Å². The van der Waals surface area contributed by atoms with Crippen molar-refractivity contribution in [2.75, 3.05) is 7.11 Å². The highest BCUT2D eigenvalue weighted by atomic mass is 35.5. The fourth-order valence-corrected chi connectivity index (χ4v) is 1.30. The number of hydrogen-bond acceptors (Lipinski definition) is 4. The van der Waals surface area contributed by atoms with E-state index in [1.54, 1.807) is 24.3 Å². The Morgan fingerprint density at radius 1 is 1.64 bits per heavy atom. The SMILES string of the molecule is COC(=O)C(NN)c1cccc(Cl)c1. The number of rotatable bonds is 3. The lowest BCUT2D eigenvalue weighted by molar-refractivity contribution is -0.143. The van der Waals surface area contributed by atoms with Gasteiger partial charge in [0.1, 0.15) is 6.04 Å². The van der Waals surface area contributed by atoms with Crippen LogP contribution in [0.5, 0.6) is 0 Å². The van der Waals surface area contributed by atoms with Crippen LogP contribution in [-0.4, -0.2) is 13.1 Å². The third-order valence-corrected chi connectivity index (χ3v) is 2.02. The predicted molar refractivity (Wildman–Crippen MR) is 53.5 cm³/mol. The van der Waals surface area contributed by atoms with Crippen LogP contribution in [0.1, 0.15) is 11.6 Å². The molecule has 1 rings (SSSR count). The van der Waals surface area contributed by atoms with Gasteiger partial charge >= 0.3 is 5.97 Å². The maximum absolute atomic E-state index is 11.2. The number of ether oxygens (including phenoxy) is 1. The molecule has 0 aliphatic carbocycles. The molecule has 0 heterocycles. The van der Waals surface area contributed by atoms with Gasteiger partial charge in [-0.05, 0) is 17.7 Å². The van der Waals surface area contributed by atoms with Gasteiger partial charge in [0, 0.05) is 5.02 Å². The second kappa shape index (κ2) is 4.95. The van der Waals surface area contributed by atoms with E-state index in [0.717, 1.165) is 0 Å². The first-order chi connectivity index (χ1) is 6.69. The smallest absolute Gasteiger partial charge is 0.328 e. The van der Waals surface area contributed by atoms with E-state index in [-0.39, 0.29) is 0 Å². The van der Waals surface area contributed by atoms with E-state index in [0.29, 0.717) is 10.6 Å². The Labute approximate surface area is 87.0 Å². The summed E-state index contributed by atoms with van der Waals surface area (Å²) in [7, 11) is 1.30. The van der Waals surface area contributed by atoms with Gasteiger partial charge < -0.3 is 4.74 Å². The molecule has 76 valence electrons. The lowest BCUT2D eigenvalue weighted by Gasteiger charge is -2.13. The second-order valence-corrected chi connectivity index (χ2v) is 3.11. The number of carbonyl (C=O) groups excluding carboxylic acids is 1. The molecule has 1 aromatic rings. The molecule has 4 nitrogen and oxygen atoms in total. The van der Waals surface area contributed by atoms with Crippen molar-refractivity contribution >= 4 is 17.6 Å². The Balaban J connectivity index is 2.94. The van der Waals surface area contributed by atoms with Crippen LogP contribution in [0.2, 0.25) is 5.02 Å². The molecule has 0 radical (unpaired) electrons. The molecule has 5 heteroatoms. The predicted octanol–water partition coefficient (Wildman–Crippen LogP) is 1.02. The number of hydrogen-bond donors (Lipinski definition) is 2. The molecule has 0 aliphatic heterocycles. The van der Waals surface area contributed by atoms with Gasteiger partial charge in [-0.1, -0.05) is 23.7 Å².